The van der Waals surface area contributed by atoms with E-state index in [9.17, 15) is 9.59 Å². The minimum atomic E-state index is -0.638. The normalized spacial score (nSPS) is 11.0. The third-order valence-corrected chi connectivity index (χ3v) is 3.68. The van der Waals surface area contributed by atoms with Gasteiger partial charge in [0.05, 0.1) is 6.54 Å². The summed E-state index contributed by atoms with van der Waals surface area (Å²) in [5.41, 5.74) is 0.528. The van der Waals surface area contributed by atoms with Crippen molar-refractivity contribution in [2.45, 2.75) is 26.4 Å². The van der Waals surface area contributed by atoms with Gasteiger partial charge in [-0.2, -0.15) is 0 Å². The molecule has 0 saturated heterocycles. The maximum Gasteiger partial charge on any atom is 0.415 e. The Kier molecular flexibility index (Phi) is 5.78. The molecule has 0 heterocycles. The Labute approximate surface area is 150 Å². The Hall–Kier alpha value is -2.14. The van der Waals surface area contributed by atoms with Crippen LogP contribution in [0.4, 0.5) is 10.5 Å². The number of anilines is 1. The highest BCUT2D eigenvalue weighted by Gasteiger charge is 2.25. The number of hydrogen-bond acceptors (Lipinski definition) is 3. The average molecular weight is 390 g/mol. The van der Waals surface area contributed by atoms with Gasteiger partial charge in [-0.1, -0.05) is 46.3 Å². The van der Waals surface area contributed by atoms with Crippen molar-refractivity contribution in [1.29, 1.82) is 0 Å². The van der Waals surface area contributed by atoms with Crippen molar-refractivity contribution >= 4 is 33.5 Å². The number of ketones is 1. The van der Waals surface area contributed by atoms with Crippen LogP contribution in [0.3, 0.4) is 0 Å². The van der Waals surface area contributed by atoms with Crippen LogP contribution in [0.25, 0.3) is 0 Å². The molecule has 4 nitrogen and oxygen atoms in total. The van der Waals surface area contributed by atoms with E-state index in [1.165, 1.54) is 4.90 Å². The number of Topliss-reactive ketones (excluding diaryl/α,β-unsaturated/α-hetero) is 1. The van der Waals surface area contributed by atoms with Crippen LogP contribution in [0.15, 0.2) is 59.1 Å². The van der Waals surface area contributed by atoms with E-state index in [1.54, 1.807) is 57.2 Å². The molecule has 0 saturated carbocycles. The summed E-state index contributed by atoms with van der Waals surface area (Å²) < 4.78 is 6.34. The summed E-state index contributed by atoms with van der Waals surface area (Å²) >= 11 is 3.37. The standard InChI is InChI=1S/C19H20BrNO3/c1-19(2,3)24-18(23)21(16-11-9-15(20)10-12-16)13-17(22)14-7-5-4-6-8-14/h4-12H,13H2,1-3H3. The van der Waals surface area contributed by atoms with Gasteiger partial charge in [0.25, 0.3) is 0 Å². The van der Waals surface area contributed by atoms with Crippen molar-refractivity contribution in [3.05, 3.63) is 64.6 Å². The maximum atomic E-state index is 12.6. The molecule has 0 aliphatic rings. The van der Waals surface area contributed by atoms with Crippen molar-refractivity contribution in [1.82, 2.24) is 0 Å². The number of carbonyl (C=O) groups is 2. The third-order valence-electron chi connectivity index (χ3n) is 3.15. The van der Waals surface area contributed by atoms with Gasteiger partial charge < -0.3 is 4.74 Å². The highest BCUT2D eigenvalue weighted by Crippen LogP contribution is 2.21. The van der Waals surface area contributed by atoms with Crippen molar-refractivity contribution in [2.24, 2.45) is 0 Å². The van der Waals surface area contributed by atoms with Gasteiger partial charge in [-0.25, -0.2) is 4.79 Å². The Bertz CT molecular complexity index is 706. The van der Waals surface area contributed by atoms with Gasteiger partial charge in [-0.05, 0) is 45.0 Å². The number of halogens is 1. The fourth-order valence-electron chi connectivity index (χ4n) is 2.06. The molecular weight excluding hydrogens is 370 g/mol. The lowest BCUT2D eigenvalue weighted by Gasteiger charge is -2.27. The molecule has 0 spiro atoms. The molecule has 0 fully saturated rings. The highest BCUT2D eigenvalue weighted by atomic mass is 79.9. The van der Waals surface area contributed by atoms with Crippen LogP contribution in [0.5, 0.6) is 0 Å². The Morgan fingerprint density at radius 2 is 1.58 bits per heavy atom. The summed E-state index contributed by atoms with van der Waals surface area (Å²) in [6, 6.07) is 16.1. The summed E-state index contributed by atoms with van der Waals surface area (Å²) in [6.45, 7) is 5.30. The fourth-order valence-corrected chi connectivity index (χ4v) is 2.32. The number of amides is 1. The van der Waals surface area contributed by atoms with Crippen LogP contribution in [-0.2, 0) is 4.74 Å². The molecule has 1 amide bonds. The van der Waals surface area contributed by atoms with Crippen LogP contribution >= 0.6 is 15.9 Å². The summed E-state index contributed by atoms with van der Waals surface area (Å²) in [6.07, 6.45) is -0.547. The lowest BCUT2D eigenvalue weighted by molar-refractivity contribution is 0.0573. The first kappa shape index (κ1) is 18.2. The van der Waals surface area contributed by atoms with Gasteiger partial charge in [-0.15, -0.1) is 0 Å². The Morgan fingerprint density at radius 3 is 2.12 bits per heavy atom. The van der Waals surface area contributed by atoms with E-state index in [4.69, 9.17) is 4.74 Å². The smallest absolute Gasteiger partial charge is 0.415 e. The fraction of sp³-hybridized carbons (Fsp3) is 0.263. The number of carbonyl (C=O) groups excluding carboxylic acids is 2. The van der Waals surface area contributed by atoms with Crippen molar-refractivity contribution in [3.8, 4) is 0 Å². The number of ether oxygens (including phenoxy) is 1. The van der Waals surface area contributed by atoms with Gasteiger partial charge in [0, 0.05) is 15.7 Å². The van der Waals surface area contributed by atoms with Crippen LogP contribution in [-0.4, -0.2) is 24.0 Å². The predicted octanol–water partition coefficient (Wildman–Crippen LogP) is 5.07. The average Bonchev–Trinajstić information content (AvgIpc) is 2.52. The molecule has 0 aromatic heterocycles. The first-order valence-electron chi connectivity index (χ1n) is 7.60. The quantitative estimate of drug-likeness (QED) is 0.685. The second-order valence-electron chi connectivity index (χ2n) is 6.33. The minimum absolute atomic E-state index is 0.0828. The monoisotopic (exact) mass is 389 g/mol. The zero-order valence-electron chi connectivity index (χ0n) is 14.0. The van der Waals surface area contributed by atoms with Crippen molar-refractivity contribution in [2.75, 3.05) is 11.4 Å². The van der Waals surface area contributed by atoms with E-state index >= 15 is 0 Å². The van der Waals surface area contributed by atoms with Crippen LogP contribution < -0.4 is 4.90 Å². The molecule has 2 rings (SSSR count). The van der Waals surface area contributed by atoms with Crippen LogP contribution in [0, 0.1) is 0 Å². The highest BCUT2D eigenvalue weighted by molar-refractivity contribution is 9.10. The second-order valence-corrected chi connectivity index (χ2v) is 7.25. The van der Waals surface area contributed by atoms with E-state index in [-0.39, 0.29) is 12.3 Å². The van der Waals surface area contributed by atoms with E-state index in [0.717, 1.165) is 4.47 Å². The third kappa shape index (κ3) is 5.20. The minimum Gasteiger partial charge on any atom is -0.443 e. The lowest BCUT2D eigenvalue weighted by atomic mass is 10.1. The number of benzene rings is 2. The molecule has 0 atom stereocenters. The molecular formula is C19H20BrNO3. The molecule has 0 radical (unpaired) electrons. The SMILES string of the molecule is CC(C)(C)OC(=O)N(CC(=O)c1ccccc1)c1ccc(Br)cc1. The summed E-state index contributed by atoms with van der Waals surface area (Å²) in [5.74, 6) is -0.149. The summed E-state index contributed by atoms with van der Waals surface area (Å²) in [7, 11) is 0. The lowest BCUT2D eigenvalue weighted by Crippen LogP contribution is -2.40. The molecule has 0 aliphatic carbocycles. The van der Waals surface area contributed by atoms with E-state index in [0.29, 0.717) is 11.3 Å². The topological polar surface area (TPSA) is 46.6 Å². The first-order valence-corrected chi connectivity index (χ1v) is 8.40. The maximum absolute atomic E-state index is 12.6. The van der Waals surface area contributed by atoms with Crippen LogP contribution in [0.1, 0.15) is 31.1 Å². The van der Waals surface area contributed by atoms with Crippen molar-refractivity contribution < 1.29 is 14.3 Å². The van der Waals surface area contributed by atoms with Crippen molar-refractivity contribution in [3.63, 3.8) is 0 Å². The van der Waals surface area contributed by atoms with E-state index < -0.39 is 11.7 Å². The van der Waals surface area contributed by atoms with Gasteiger partial charge in [-0.3, -0.25) is 9.69 Å². The number of nitrogens with zero attached hydrogens (tertiary/aromatic N) is 1. The second kappa shape index (κ2) is 7.62. The molecule has 126 valence electrons. The summed E-state index contributed by atoms with van der Waals surface area (Å²) in [4.78, 5) is 26.4. The largest absolute Gasteiger partial charge is 0.443 e. The zero-order valence-corrected chi connectivity index (χ0v) is 15.5. The molecule has 0 aliphatic heterocycles. The molecule has 24 heavy (non-hydrogen) atoms. The zero-order chi connectivity index (χ0) is 17.7. The number of rotatable bonds is 4. The first-order chi connectivity index (χ1) is 11.3. The molecule has 2 aromatic rings. The molecule has 0 unspecified atom stereocenters. The molecule has 5 heteroatoms. The van der Waals surface area contributed by atoms with Gasteiger partial charge in [0.15, 0.2) is 5.78 Å². The number of hydrogen-bond donors (Lipinski definition) is 0. The summed E-state index contributed by atoms with van der Waals surface area (Å²) in [5, 5.41) is 0. The predicted molar refractivity (Wildman–Crippen MR) is 98.5 cm³/mol. The van der Waals surface area contributed by atoms with Gasteiger partial charge in [0.1, 0.15) is 5.60 Å². The molecule has 0 bridgehead atoms. The van der Waals surface area contributed by atoms with E-state index in [1.807, 2.05) is 18.2 Å². The van der Waals surface area contributed by atoms with Gasteiger partial charge in [0.2, 0.25) is 0 Å². The molecule has 0 N–H and O–H groups in total. The molecule has 2 aromatic carbocycles. The Morgan fingerprint density at radius 1 is 1.00 bits per heavy atom. The van der Waals surface area contributed by atoms with E-state index in [2.05, 4.69) is 15.9 Å². The Balaban J connectivity index is 2.27. The van der Waals surface area contributed by atoms with Crippen LogP contribution in [0.2, 0.25) is 0 Å². The van der Waals surface area contributed by atoms with Gasteiger partial charge >= 0.3 is 6.09 Å².